The van der Waals surface area contributed by atoms with Crippen LogP contribution in [-0.4, -0.2) is 78.1 Å². The third-order valence-electron chi connectivity index (χ3n) is 7.41. The van der Waals surface area contributed by atoms with E-state index in [4.69, 9.17) is 9.47 Å². The predicted molar refractivity (Wildman–Crippen MR) is 170 cm³/mol. The topological polar surface area (TPSA) is 105 Å². The molecule has 1 aromatic rings. The first-order chi connectivity index (χ1) is 19.6. The van der Waals surface area contributed by atoms with Crippen LogP contribution in [0.4, 0.5) is 4.79 Å². The molecule has 0 radical (unpaired) electrons. The first kappa shape index (κ1) is 37.7. The average Bonchev–Trinajstić information content (AvgIpc) is 2.88. The molecule has 2 unspecified atom stereocenters. The van der Waals surface area contributed by atoms with E-state index < -0.39 is 52.5 Å². The summed E-state index contributed by atoms with van der Waals surface area (Å²) in [5, 5.41) is 3.01. The Morgan fingerprint density at radius 3 is 1.88 bits per heavy atom. The average molecular weight is 602 g/mol. The highest BCUT2D eigenvalue weighted by Crippen LogP contribution is 2.32. The largest absolute Gasteiger partial charge is 0.463 e. The quantitative estimate of drug-likeness (QED) is 0.257. The van der Waals surface area contributed by atoms with Crippen LogP contribution in [0.2, 0.25) is 0 Å². The van der Waals surface area contributed by atoms with E-state index in [-0.39, 0.29) is 18.4 Å². The lowest BCUT2D eigenvalue weighted by molar-refractivity contribution is -0.142. The second kappa shape index (κ2) is 14.9. The Morgan fingerprint density at radius 1 is 0.907 bits per heavy atom. The molecular weight excluding hydrogens is 546 g/mol. The summed E-state index contributed by atoms with van der Waals surface area (Å²) in [5.41, 5.74) is -1.06. The highest BCUT2D eigenvalue weighted by Gasteiger charge is 2.45. The van der Waals surface area contributed by atoms with E-state index in [1.807, 2.05) is 78.8 Å². The van der Waals surface area contributed by atoms with Gasteiger partial charge in [0.25, 0.3) is 0 Å². The van der Waals surface area contributed by atoms with E-state index in [2.05, 4.69) is 5.32 Å². The van der Waals surface area contributed by atoms with Crippen LogP contribution < -0.4 is 5.32 Å². The molecule has 1 N–H and O–H groups in total. The molecule has 0 aliphatic carbocycles. The van der Waals surface area contributed by atoms with E-state index in [1.54, 1.807) is 59.7 Å². The predicted octanol–water partition coefficient (Wildman–Crippen LogP) is 5.72. The number of ether oxygens (including phenoxy) is 2. The van der Waals surface area contributed by atoms with Gasteiger partial charge in [0.05, 0.1) is 12.6 Å². The van der Waals surface area contributed by atoms with Crippen LogP contribution in [0.15, 0.2) is 42.0 Å². The number of nitrogens with one attached hydrogen (secondary N) is 1. The fourth-order valence-corrected chi connectivity index (χ4v) is 4.99. The van der Waals surface area contributed by atoms with Crippen molar-refractivity contribution in [2.24, 2.45) is 11.3 Å². The Morgan fingerprint density at radius 2 is 1.44 bits per heavy atom. The summed E-state index contributed by atoms with van der Waals surface area (Å²) in [6, 6.07) is 7.09. The zero-order valence-electron chi connectivity index (χ0n) is 28.8. The summed E-state index contributed by atoms with van der Waals surface area (Å²) in [6.45, 7) is 22.3. The fraction of sp³-hybridized carbons (Fsp3) is 0.647. The van der Waals surface area contributed by atoms with Crippen LogP contribution >= 0.6 is 0 Å². The third-order valence-corrected chi connectivity index (χ3v) is 7.41. The summed E-state index contributed by atoms with van der Waals surface area (Å²) in [7, 11) is 3.21. The van der Waals surface area contributed by atoms with Crippen molar-refractivity contribution in [2.45, 2.75) is 112 Å². The number of carbonyl (C=O) groups excluding carboxylic acids is 4. The number of amides is 3. The van der Waals surface area contributed by atoms with Gasteiger partial charge in [-0.3, -0.25) is 14.5 Å². The Labute approximate surface area is 259 Å². The van der Waals surface area contributed by atoms with Gasteiger partial charge in [-0.2, -0.15) is 0 Å². The Bertz CT molecular complexity index is 1140. The minimum Gasteiger partial charge on any atom is -0.463 e. The van der Waals surface area contributed by atoms with E-state index in [1.165, 1.54) is 4.90 Å². The van der Waals surface area contributed by atoms with Crippen molar-refractivity contribution in [2.75, 3.05) is 20.7 Å². The van der Waals surface area contributed by atoms with Gasteiger partial charge in [0.1, 0.15) is 17.7 Å². The molecule has 43 heavy (non-hydrogen) atoms. The number of nitrogens with zero attached hydrogens (tertiary/aromatic N) is 2. The molecule has 0 aromatic heterocycles. The van der Waals surface area contributed by atoms with Crippen LogP contribution in [0.5, 0.6) is 0 Å². The van der Waals surface area contributed by atoms with Gasteiger partial charge in [-0.05, 0) is 51.5 Å². The molecule has 0 fully saturated rings. The number of esters is 1. The van der Waals surface area contributed by atoms with Gasteiger partial charge in [0.15, 0.2) is 0 Å². The Balaban J connectivity index is 3.58. The molecule has 3 amide bonds. The van der Waals surface area contributed by atoms with Gasteiger partial charge in [0, 0.05) is 25.1 Å². The first-order valence-corrected chi connectivity index (χ1v) is 15.0. The number of hydrogen-bond acceptors (Lipinski definition) is 6. The number of carbonyl (C=O) groups is 4. The second-order valence-electron chi connectivity index (χ2n) is 14.1. The molecule has 9 nitrogen and oxygen atoms in total. The van der Waals surface area contributed by atoms with Gasteiger partial charge < -0.3 is 19.7 Å². The molecule has 0 spiro atoms. The van der Waals surface area contributed by atoms with Crippen LogP contribution in [-0.2, 0) is 29.3 Å². The number of benzene rings is 1. The zero-order chi connectivity index (χ0) is 33.5. The van der Waals surface area contributed by atoms with Crippen molar-refractivity contribution < 1.29 is 28.7 Å². The summed E-state index contributed by atoms with van der Waals surface area (Å²) in [4.78, 5) is 56.9. The van der Waals surface area contributed by atoms with E-state index in [0.717, 1.165) is 5.56 Å². The maximum absolute atomic E-state index is 14.3. The SMILES string of the molecule is CCOC(=O)/C(C)=C/[C@H](C(C)C)N(C)C(=O)C(NC(=O)C(N(C)C(=O)OC(C)(C)C)C(C)(C)c1ccccc1)C(C)(C)C. The molecule has 0 saturated carbocycles. The van der Waals surface area contributed by atoms with E-state index in [9.17, 15) is 19.2 Å². The highest BCUT2D eigenvalue weighted by atomic mass is 16.6. The van der Waals surface area contributed by atoms with Gasteiger partial charge in [-0.15, -0.1) is 0 Å². The monoisotopic (exact) mass is 601 g/mol. The standard InChI is InChI=1S/C34H55N3O6/c1-15-42-30(40)23(4)21-25(22(2)3)36(13)29(39)26(32(5,6)7)35-28(38)27(37(14)31(41)43-33(8,9)10)34(11,12)24-19-17-16-18-20-24/h16-22,25-27H,15H2,1-14H3,(H,35,38)/b23-21+/t25-,26?,27?/m1/s1. The highest BCUT2D eigenvalue weighted by molar-refractivity contribution is 5.93. The fourth-order valence-electron chi connectivity index (χ4n) is 4.99. The first-order valence-electron chi connectivity index (χ1n) is 15.0. The molecule has 1 rings (SSSR count). The lowest BCUT2D eigenvalue weighted by atomic mass is 9.76. The number of rotatable bonds is 11. The Kier molecular flexibility index (Phi) is 13.0. The smallest absolute Gasteiger partial charge is 0.410 e. The van der Waals surface area contributed by atoms with Crippen molar-refractivity contribution in [1.82, 2.24) is 15.1 Å². The van der Waals surface area contributed by atoms with Crippen LogP contribution in [0.1, 0.15) is 88.6 Å². The summed E-state index contributed by atoms with van der Waals surface area (Å²) in [5.74, 6) is -1.27. The lowest BCUT2D eigenvalue weighted by Crippen LogP contribution is -2.63. The van der Waals surface area contributed by atoms with Crippen LogP contribution in [0.3, 0.4) is 0 Å². The molecule has 0 heterocycles. The van der Waals surface area contributed by atoms with Crippen molar-refractivity contribution >= 4 is 23.9 Å². The van der Waals surface area contributed by atoms with Crippen LogP contribution in [0.25, 0.3) is 0 Å². The summed E-state index contributed by atoms with van der Waals surface area (Å²) in [6.07, 6.45) is 1.09. The molecule has 0 aliphatic rings. The lowest BCUT2D eigenvalue weighted by Gasteiger charge is -2.42. The molecule has 9 heteroatoms. The van der Waals surface area contributed by atoms with Crippen molar-refractivity contribution in [3.8, 4) is 0 Å². The van der Waals surface area contributed by atoms with Crippen molar-refractivity contribution in [3.05, 3.63) is 47.5 Å². The molecule has 0 bridgehead atoms. The van der Waals surface area contributed by atoms with Crippen molar-refractivity contribution in [1.29, 1.82) is 0 Å². The maximum Gasteiger partial charge on any atom is 0.410 e. The summed E-state index contributed by atoms with van der Waals surface area (Å²) < 4.78 is 10.8. The normalized spacial score (nSPS) is 14.8. The zero-order valence-corrected chi connectivity index (χ0v) is 28.8. The third kappa shape index (κ3) is 10.4. The van der Waals surface area contributed by atoms with Gasteiger partial charge in [0.2, 0.25) is 11.8 Å². The minimum absolute atomic E-state index is 0.0299. The second-order valence-corrected chi connectivity index (χ2v) is 14.1. The number of likely N-dealkylation sites (N-methyl/N-ethyl adjacent to an activating group) is 2. The molecular formula is C34H55N3O6. The molecule has 1 aromatic carbocycles. The van der Waals surface area contributed by atoms with Gasteiger partial charge in [-0.25, -0.2) is 9.59 Å². The van der Waals surface area contributed by atoms with Crippen molar-refractivity contribution in [3.63, 3.8) is 0 Å². The molecule has 0 saturated heterocycles. The maximum atomic E-state index is 14.3. The minimum atomic E-state index is -1.01. The van der Waals surface area contributed by atoms with Gasteiger partial charge >= 0.3 is 12.1 Å². The van der Waals surface area contributed by atoms with Crippen LogP contribution in [0, 0.1) is 11.3 Å². The van der Waals surface area contributed by atoms with E-state index >= 15 is 0 Å². The molecule has 242 valence electrons. The summed E-state index contributed by atoms with van der Waals surface area (Å²) >= 11 is 0. The van der Waals surface area contributed by atoms with E-state index in [0.29, 0.717) is 5.57 Å². The molecule has 3 atom stereocenters. The Hall–Kier alpha value is -3.36. The molecule has 0 aliphatic heterocycles. The number of hydrogen-bond donors (Lipinski definition) is 1. The van der Waals surface area contributed by atoms with Gasteiger partial charge in [-0.1, -0.05) is 84.9 Å².